The topological polar surface area (TPSA) is 117 Å². The van der Waals surface area contributed by atoms with E-state index in [0.29, 0.717) is 12.2 Å². The third-order valence-electron chi connectivity index (χ3n) is 6.44. The van der Waals surface area contributed by atoms with Gasteiger partial charge in [-0.05, 0) is 38.3 Å². The fourth-order valence-electron chi connectivity index (χ4n) is 4.85. The lowest BCUT2D eigenvalue weighted by Crippen LogP contribution is -2.53. The number of rotatable bonds is 5. The Labute approximate surface area is 175 Å². The van der Waals surface area contributed by atoms with Crippen LogP contribution in [0.15, 0.2) is 22.8 Å². The predicted molar refractivity (Wildman–Crippen MR) is 107 cm³/mol. The van der Waals surface area contributed by atoms with Crippen molar-refractivity contribution in [2.75, 3.05) is 18.1 Å². The maximum absolute atomic E-state index is 13.3. The van der Waals surface area contributed by atoms with Crippen molar-refractivity contribution in [2.24, 2.45) is 0 Å². The highest BCUT2D eigenvalue weighted by molar-refractivity contribution is 7.91. The molecule has 1 aromatic rings. The molecule has 2 aliphatic heterocycles. The van der Waals surface area contributed by atoms with Crippen molar-refractivity contribution in [2.45, 2.75) is 63.1 Å². The molecule has 164 valence electrons. The average molecular weight is 438 g/mol. The maximum Gasteiger partial charge on any atom is 0.325 e. The third-order valence-corrected chi connectivity index (χ3v) is 8.19. The summed E-state index contributed by atoms with van der Waals surface area (Å²) in [5.74, 6) is -0.635. The van der Waals surface area contributed by atoms with E-state index in [1.165, 1.54) is 6.26 Å². The molecule has 3 fully saturated rings. The molecular formula is C20H27N3O6S. The lowest BCUT2D eigenvalue weighted by molar-refractivity contribution is -0.142. The number of amides is 4. The fourth-order valence-corrected chi connectivity index (χ4v) is 6.56. The summed E-state index contributed by atoms with van der Waals surface area (Å²) in [6, 6.07) is 2.11. The minimum Gasteiger partial charge on any atom is -0.466 e. The Morgan fingerprint density at radius 3 is 2.57 bits per heavy atom. The van der Waals surface area contributed by atoms with E-state index in [1.807, 2.05) is 0 Å². The van der Waals surface area contributed by atoms with Crippen LogP contribution in [0.5, 0.6) is 0 Å². The summed E-state index contributed by atoms with van der Waals surface area (Å²) in [6.45, 7) is 1.13. The first kappa shape index (κ1) is 20.9. The van der Waals surface area contributed by atoms with Gasteiger partial charge in [-0.2, -0.15) is 0 Å². The summed E-state index contributed by atoms with van der Waals surface area (Å²) in [6.07, 6.45) is 6.49. The van der Waals surface area contributed by atoms with Crippen molar-refractivity contribution in [3.8, 4) is 0 Å². The highest BCUT2D eigenvalue weighted by Gasteiger charge is 2.52. The largest absolute Gasteiger partial charge is 0.466 e. The fraction of sp³-hybridized carbons (Fsp3) is 0.650. The maximum atomic E-state index is 13.3. The number of furan rings is 1. The normalized spacial score (nSPS) is 29.2. The standard InChI is InChI=1S/C20H27N3O6S/c1-20(16-8-5-10-29-16)18(25)22(19(26)21-20)12-17(24)23(14-6-3-2-4-7-14)15-9-11-30(27,28)13-15/h5,8,10,14-15H,2-4,6-7,9,11-13H2,1H3,(H,21,26). The van der Waals surface area contributed by atoms with Crippen LogP contribution in [0, 0.1) is 0 Å². The van der Waals surface area contributed by atoms with Crippen molar-refractivity contribution in [3.63, 3.8) is 0 Å². The number of carbonyl (C=O) groups excluding carboxylic acids is 3. The van der Waals surface area contributed by atoms with Crippen molar-refractivity contribution in [1.29, 1.82) is 0 Å². The Kier molecular flexibility index (Phi) is 5.37. The number of urea groups is 1. The minimum atomic E-state index is -3.18. The predicted octanol–water partition coefficient (Wildman–Crippen LogP) is 1.40. The molecule has 2 atom stereocenters. The Morgan fingerprint density at radius 1 is 1.23 bits per heavy atom. The molecule has 4 amide bonds. The second-order valence-electron chi connectivity index (χ2n) is 8.57. The Hall–Kier alpha value is -2.36. The molecule has 30 heavy (non-hydrogen) atoms. The van der Waals surface area contributed by atoms with Crippen molar-refractivity contribution >= 4 is 27.7 Å². The molecule has 0 bridgehead atoms. The molecular weight excluding hydrogens is 410 g/mol. The highest BCUT2D eigenvalue weighted by atomic mass is 32.2. The average Bonchev–Trinajstić information content (AvgIpc) is 3.40. The van der Waals surface area contributed by atoms with Crippen LogP contribution in [-0.2, 0) is 25.0 Å². The van der Waals surface area contributed by atoms with Gasteiger partial charge in [-0.1, -0.05) is 19.3 Å². The molecule has 2 saturated heterocycles. The molecule has 3 heterocycles. The Bertz CT molecular complexity index is 938. The van der Waals surface area contributed by atoms with E-state index in [-0.39, 0.29) is 23.5 Å². The van der Waals surface area contributed by atoms with Crippen LogP contribution >= 0.6 is 0 Å². The first-order valence-electron chi connectivity index (χ1n) is 10.4. The lowest BCUT2D eigenvalue weighted by atomic mass is 9.92. The lowest BCUT2D eigenvalue weighted by Gasteiger charge is -2.38. The van der Waals surface area contributed by atoms with Crippen molar-refractivity contribution in [1.82, 2.24) is 15.1 Å². The van der Waals surface area contributed by atoms with E-state index in [4.69, 9.17) is 4.42 Å². The summed E-state index contributed by atoms with van der Waals surface area (Å²) in [4.78, 5) is 41.4. The van der Waals surface area contributed by atoms with E-state index in [9.17, 15) is 22.8 Å². The zero-order valence-corrected chi connectivity index (χ0v) is 17.8. The Balaban J connectivity index is 1.55. The van der Waals surface area contributed by atoms with Crippen molar-refractivity contribution < 1.29 is 27.2 Å². The number of hydrogen-bond acceptors (Lipinski definition) is 6. The van der Waals surface area contributed by atoms with Crippen LogP contribution < -0.4 is 5.32 Å². The smallest absolute Gasteiger partial charge is 0.325 e. The molecule has 0 spiro atoms. The van der Waals surface area contributed by atoms with Crippen molar-refractivity contribution in [3.05, 3.63) is 24.2 Å². The van der Waals surface area contributed by atoms with E-state index in [1.54, 1.807) is 24.0 Å². The van der Waals surface area contributed by atoms with E-state index < -0.39 is 39.9 Å². The van der Waals surface area contributed by atoms with E-state index in [2.05, 4.69) is 5.32 Å². The molecule has 0 aromatic carbocycles. The van der Waals surface area contributed by atoms with E-state index in [0.717, 1.165) is 37.0 Å². The Morgan fingerprint density at radius 2 is 1.97 bits per heavy atom. The molecule has 10 heteroatoms. The summed E-state index contributed by atoms with van der Waals surface area (Å²) in [5.41, 5.74) is -1.37. The molecule has 0 radical (unpaired) electrons. The van der Waals surface area contributed by atoms with Gasteiger partial charge in [0, 0.05) is 12.1 Å². The molecule has 4 rings (SSSR count). The highest BCUT2D eigenvalue weighted by Crippen LogP contribution is 2.31. The number of nitrogens with zero attached hydrogens (tertiary/aromatic N) is 2. The van der Waals surface area contributed by atoms with E-state index >= 15 is 0 Å². The van der Waals surface area contributed by atoms with Gasteiger partial charge in [-0.15, -0.1) is 0 Å². The number of nitrogens with one attached hydrogen (secondary N) is 1. The third kappa shape index (κ3) is 3.73. The van der Waals surface area contributed by atoms with Crippen LogP contribution in [0.4, 0.5) is 4.79 Å². The molecule has 1 saturated carbocycles. The minimum absolute atomic E-state index is 0.0539. The van der Waals surface area contributed by atoms with Crippen LogP contribution in [0.25, 0.3) is 0 Å². The number of sulfone groups is 1. The van der Waals surface area contributed by atoms with Gasteiger partial charge < -0.3 is 14.6 Å². The molecule has 1 aliphatic carbocycles. The van der Waals surface area contributed by atoms with Gasteiger partial charge in [0.15, 0.2) is 15.4 Å². The SMILES string of the molecule is CC1(c2ccco2)NC(=O)N(CC(=O)N(C2CCCCC2)C2CCS(=O)(=O)C2)C1=O. The molecule has 1 aromatic heterocycles. The van der Waals surface area contributed by atoms with Gasteiger partial charge in [0.2, 0.25) is 5.91 Å². The monoisotopic (exact) mass is 437 g/mol. The first-order chi connectivity index (χ1) is 14.2. The number of hydrogen-bond donors (Lipinski definition) is 1. The van der Waals surface area contributed by atoms with Gasteiger partial charge in [0.05, 0.1) is 17.8 Å². The second-order valence-corrected chi connectivity index (χ2v) is 10.8. The zero-order valence-electron chi connectivity index (χ0n) is 17.0. The first-order valence-corrected chi connectivity index (χ1v) is 12.2. The van der Waals surface area contributed by atoms with Gasteiger partial charge in [0.25, 0.3) is 5.91 Å². The number of imide groups is 1. The van der Waals surface area contributed by atoms with Crippen LogP contribution in [0.2, 0.25) is 0 Å². The summed E-state index contributed by atoms with van der Waals surface area (Å²) in [5, 5.41) is 2.62. The molecule has 9 nitrogen and oxygen atoms in total. The van der Waals surface area contributed by atoms with Gasteiger partial charge in [0.1, 0.15) is 12.3 Å². The van der Waals surface area contributed by atoms with Gasteiger partial charge in [-0.3, -0.25) is 14.5 Å². The summed E-state index contributed by atoms with van der Waals surface area (Å²) in [7, 11) is -3.18. The van der Waals surface area contributed by atoms with Crippen LogP contribution in [0.1, 0.15) is 51.2 Å². The zero-order chi connectivity index (χ0) is 21.5. The van der Waals surface area contributed by atoms with Gasteiger partial charge >= 0.3 is 6.03 Å². The van der Waals surface area contributed by atoms with Gasteiger partial charge in [-0.25, -0.2) is 13.2 Å². The summed E-state index contributed by atoms with van der Waals surface area (Å²) >= 11 is 0. The number of carbonyl (C=O) groups is 3. The molecule has 2 unspecified atom stereocenters. The quantitative estimate of drug-likeness (QED) is 0.696. The van der Waals surface area contributed by atoms with Crippen LogP contribution in [0.3, 0.4) is 0 Å². The summed E-state index contributed by atoms with van der Waals surface area (Å²) < 4.78 is 29.4. The second kappa shape index (κ2) is 7.72. The molecule has 1 N–H and O–H groups in total. The molecule has 3 aliphatic rings. The van der Waals surface area contributed by atoms with Crippen LogP contribution in [-0.4, -0.2) is 66.2 Å².